The summed E-state index contributed by atoms with van der Waals surface area (Å²) < 4.78 is 21.3. The first-order chi connectivity index (χ1) is 15.6. The van der Waals surface area contributed by atoms with Gasteiger partial charge in [-0.05, 0) is 23.8 Å². The molecule has 0 fully saturated rings. The fraction of sp³-hybridized carbons (Fsp3) is 0.0769. The summed E-state index contributed by atoms with van der Waals surface area (Å²) in [5, 5.41) is 15.5. The standard InChI is InChI=1S/C26H19FN2O3/c1-32-18-13-11-16(12-14-18)23-22(30)15-21-24(19-9-5-6-10-20(19)27)25(28-29(21)26(23)31)17-7-3-2-4-8-17/h2-14,30H,15H2,1H3. The molecule has 0 unspecified atom stereocenters. The number of hydrogen-bond acceptors (Lipinski definition) is 4. The molecule has 6 heteroatoms. The van der Waals surface area contributed by atoms with Gasteiger partial charge in [-0.15, -0.1) is 0 Å². The average Bonchev–Trinajstić information content (AvgIpc) is 3.20. The number of aliphatic hydroxyl groups excluding tert-OH is 1. The van der Waals surface area contributed by atoms with Crippen LogP contribution < -0.4 is 4.74 Å². The normalized spacial score (nSPS) is 13.2. The number of ether oxygens (including phenoxy) is 1. The Hall–Kier alpha value is -4.19. The van der Waals surface area contributed by atoms with E-state index in [4.69, 9.17) is 4.74 Å². The van der Waals surface area contributed by atoms with Gasteiger partial charge in [0.25, 0.3) is 5.91 Å². The molecule has 5 nitrogen and oxygen atoms in total. The van der Waals surface area contributed by atoms with Crippen LogP contribution in [0, 0.1) is 5.82 Å². The van der Waals surface area contributed by atoms with Crippen LogP contribution in [-0.4, -0.2) is 27.9 Å². The average molecular weight is 426 g/mol. The highest BCUT2D eigenvalue weighted by Crippen LogP contribution is 2.40. The zero-order valence-electron chi connectivity index (χ0n) is 17.2. The zero-order chi connectivity index (χ0) is 22.2. The number of benzene rings is 3. The lowest BCUT2D eigenvalue weighted by atomic mass is 9.93. The zero-order valence-corrected chi connectivity index (χ0v) is 17.2. The van der Waals surface area contributed by atoms with Crippen molar-refractivity contribution in [2.45, 2.75) is 6.42 Å². The minimum Gasteiger partial charge on any atom is -0.511 e. The summed E-state index contributed by atoms with van der Waals surface area (Å²) in [5.41, 5.74) is 3.26. The van der Waals surface area contributed by atoms with Crippen molar-refractivity contribution in [3.63, 3.8) is 0 Å². The van der Waals surface area contributed by atoms with Gasteiger partial charge in [0, 0.05) is 23.1 Å². The van der Waals surface area contributed by atoms with Crippen LogP contribution in [0.3, 0.4) is 0 Å². The number of methoxy groups -OCH3 is 1. The number of nitrogens with zero attached hydrogens (tertiary/aromatic N) is 2. The second-order valence-corrected chi connectivity index (χ2v) is 7.46. The molecule has 0 saturated carbocycles. The Bertz CT molecular complexity index is 1360. The highest BCUT2D eigenvalue weighted by Gasteiger charge is 2.33. The smallest absolute Gasteiger partial charge is 0.282 e. The summed E-state index contributed by atoms with van der Waals surface area (Å²) >= 11 is 0. The predicted molar refractivity (Wildman–Crippen MR) is 120 cm³/mol. The monoisotopic (exact) mass is 426 g/mol. The van der Waals surface area contributed by atoms with Gasteiger partial charge in [0.05, 0.1) is 18.4 Å². The second-order valence-electron chi connectivity index (χ2n) is 7.46. The summed E-state index contributed by atoms with van der Waals surface area (Å²) in [6, 6.07) is 22.6. The number of aliphatic hydroxyl groups is 1. The van der Waals surface area contributed by atoms with Crippen molar-refractivity contribution in [2.24, 2.45) is 0 Å². The molecule has 0 amide bonds. The molecule has 1 aliphatic rings. The Morgan fingerprint density at radius 1 is 0.938 bits per heavy atom. The van der Waals surface area contributed by atoms with E-state index in [1.807, 2.05) is 30.3 Å². The summed E-state index contributed by atoms with van der Waals surface area (Å²) in [6.07, 6.45) is 0.0522. The molecule has 0 atom stereocenters. The number of carbonyl (C=O) groups is 1. The number of allylic oxidation sites excluding steroid dienone is 2. The lowest BCUT2D eigenvalue weighted by Crippen LogP contribution is -2.24. The van der Waals surface area contributed by atoms with E-state index in [0.717, 1.165) is 5.56 Å². The number of fused-ring (bicyclic) bond motifs is 1. The predicted octanol–water partition coefficient (Wildman–Crippen LogP) is 5.53. The van der Waals surface area contributed by atoms with Crippen molar-refractivity contribution in [3.05, 3.63) is 102 Å². The van der Waals surface area contributed by atoms with Crippen molar-refractivity contribution in [1.82, 2.24) is 9.78 Å². The van der Waals surface area contributed by atoms with Crippen LogP contribution in [0.1, 0.15) is 16.1 Å². The van der Waals surface area contributed by atoms with Crippen LogP contribution in [-0.2, 0) is 6.42 Å². The lowest BCUT2D eigenvalue weighted by molar-refractivity contribution is 0.0953. The first kappa shape index (κ1) is 19.8. The number of halogens is 1. The Morgan fingerprint density at radius 3 is 2.31 bits per heavy atom. The van der Waals surface area contributed by atoms with Crippen molar-refractivity contribution in [2.75, 3.05) is 7.11 Å². The molecular weight excluding hydrogens is 407 g/mol. The number of carbonyl (C=O) groups excluding carboxylic acids is 1. The molecule has 0 radical (unpaired) electrons. The van der Waals surface area contributed by atoms with Crippen molar-refractivity contribution in [1.29, 1.82) is 0 Å². The topological polar surface area (TPSA) is 64.3 Å². The van der Waals surface area contributed by atoms with Gasteiger partial charge in [0.15, 0.2) is 0 Å². The maximum Gasteiger partial charge on any atom is 0.282 e. The quantitative estimate of drug-likeness (QED) is 0.466. The summed E-state index contributed by atoms with van der Waals surface area (Å²) in [4.78, 5) is 13.5. The largest absolute Gasteiger partial charge is 0.511 e. The van der Waals surface area contributed by atoms with Gasteiger partial charge >= 0.3 is 0 Å². The van der Waals surface area contributed by atoms with Gasteiger partial charge in [-0.25, -0.2) is 4.39 Å². The Labute approximate surface area is 184 Å². The Kier molecular flexibility index (Phi) is 4.82. The molecule has 4 aromatic rings. The Balaban J connectivity index is 1.71. The first-order valence-corrected chi connectivity index (χ1v) is 10.1. The number of rotatable bonds is 4. The molecule has 1 aromatic heterocycles. The van der Waals surface area contributed by atoms with Crippen LogP contribution >= 0.6 is 0 Å². The number of hydrogen-bond donors (Lipinski definition) is 1. The maximum absolute atomic E-state index is 14.8. The molecule has 1 N–H and O–H groups in total. The van der Waals surface area contributed by atoms with Crippen LogP contribution in [0.2, 0.25) is 0 Å². The third-order valence-electron chi connectivity index (χ3n) is 5.58. The summed E-state index contributed by atoms with van der Waals surface area (Å²) in [5.74, 6) is -0.319. The van der Waals surface area contributed by atoms with E-state index in [-0.39, 0.29) is 17.8 Å². The highest BCUT2D eigenvalue weighted by atomic mass is 19.1. The lowest BCUT2D eigenvalue weighted by Gasteiger charge is -2.18. The minimum atomic E-state index is -0.464. The van der Waals surface area contributed by atoms with E-state index >= 15 is 0 Å². The second kappa shape index (κ2) is 7.81. The van der Waals surface area contributed by atoms with Crippen molar-refractivity contribution in [3.8, 4) is 28.1 Å². The van der Waals surface area contributed by atoms with E-state index in [1.165, 1.54) is 10.7 Å². The molecule has 2 heterocycles. The SMILES string of the molecule is COc1ccc(C2=C(O)Cc3c(-c4ccccc4F)c(-c4ccccc4)nn3C2=O)cc1. The van der Waals surface area contributed by atoms with Crippen LogP contribution in [0.15, 0.2) is 84.6 Å². The molecule has 32 heavy (non-hydrogen) atoms. The fourth-order valence-electron chi connectivity index (χ4n) is 4.05. The molecule has 0 saturated heterocycles. The molecule has 0 spiro atoms. The van der Waals surface area contributed by atoms with E-state index in [9.17, 15) is 14.3 Å². The van der Waals surface area contributed by atoms with Crippen LogP contribution in [0.4, 0.5) is 4.39 Å². The van der Waals surface area contributed by atoms with E-state index in [1.54, 1.807) is 49.6 Å². The third kappa shape index (κ3) is 3.17. The first-order valence-electron chi connectivity index (χ1n) is 10.1. The third-order valence-corrected chi connectivity index (χ3v) is 5.58. The fourth-order valence-corrected chi connectivity index (χ4v) is 4.05. The molecule has 3 aromatic carbocycles. The number of aromatic nitrogens is 2. The van der Waals surface area contributed by atoms with E-state index in [0.29, 0.717) is 33.8 Å². The molecule has 158 valence electrons. The molecule has 0 aliphatic carbocycles. The maximum atomic E-state index is 14.8. The molecular formula is C26H19FN2O3. The highest BCUT2D eigenvalue weighted by molar-refractivity contribution is 6.22. The van der Waals surface area contributed by atoms with Crippen molar-refractivity contribution >= 4 is 11.5 Å². The minimum absolute atomic E-state index is 0.0522. The van der Waals surface area contributed by atoms with Gasteiger partial charge in [-0.2, -0.15) is 9.78 Å². The van der Waals surface area contributed by atoms with Gasteiger partial charge in [0.1, 0.15) is 23.0 Å². The van der Waals surface area contributed by atoms with Crippen LogP contribution in [0.5, 0.6) is 5.75 Å². The van der Waals surface area contributed by atoms with Gasteiger partial charge in [0.2, 0.25) is 0 Å². The van der Waals surface area contributed by atoms with E-state index < -0.39 is 11.7 Å². The molecule has 0 bridgehead atoms. The Morgan fingerprint density at radius 2 is 1.62 bits per heavy atom. The van der Waals surface area contributed by atoms with Crippen LogP contribution in [0.25, 0.3) is 28.0 Å². The van der Waals surface area contributed by atoms with Gasteiger partial charge in [-0.3, -0.25) is 4.79 Å². The summed E-state index contributed by atoms with van der Waals surface area (Å²) in [7, 11) is 1.56. The van der Waals surface area contributed by atoms with Crippen molar-refractivity contribution < 1.29 is 19.0 Å². The van der Waals surface area contributed by atoms with Gasteiger partial charge < -0.3 is 9.84 Å². The summed E-state index contributed by atoms with van der Waals surface area (Å²) in [6.45, 7) is 0. The molecule has 1 aliphatic heterocycles. The van der Waals surface area contributed by atoms with E-state index in [2.05, 4.69) is 5.10 Å². The van der Waals surface area contributed by atoms with Gasteiger partial charge in [-0.1, -0.05) is 60.7 Å². The molecule has 5 rings (SSSR count).